The van der Waals surface area contributed by atoms with Crippen molar-refractivity contribution in [2.75, 3.05) is 27.2 Å². The number of aliphatic hydroxyl groups excluding tert-OH is 1. The third-order valence-electron chi connectivity index (χ3n) is 5.73. The first kappa shape index (κ1) is 21.6. The highest BCUT2D eigenvalue weighted by Gasteiger charge is 2.45. The van der Waals surface area contributed by atoms with E-state index in [1.807, 2.05) is 49.3 Å². The van der Waals surface area contributed by atoms with Gasteiger partial charge in [-0.3, -0.25) is 14.2 Å². The van der Waals surface area contributed by atoms with Crippen LogP contribution in [0.4, 0.5) is 0 Å². The van der Waals surface area contributed by atoms with E-state index < -0.39 is 23.5 Å². The zero-order valence-corrected chi connectivity index (χ0v) is 18.2. The summed E-state index contributed by atoms with van der Waals surface area (Å²) in [4.78, 5) is 41.3. The molecule has 1 saturated heterocycles. The zero-order valence-electron chi connectivity index (χ0n) is 18.2. The number of hydrogen-bond acceptors (Lipinski definition) is 6. The molecule has 166 valence electrons. The topological polar surface area (TPSA) is 96.0 Å². The molecule has 32 heavy (non-hydrogen) atoms. The van der Waals surface area contributed by atoms with Gasteiger partial charge in [-0.2, -0.15) is 0 Å². The highest BCUT2D eigenvalue weighted by molar-refractivity contribution is 6.46. The van der Waals surface area contributed by atoms with E-state index in [4.69, 9.17) is 4.42 Å². The number of likely N-dealkylation sites (tertiary alicyclic amines) is 1. The molecule has 3 aromatic rings. The maximum Gasteiger partial charge on any atom is 0.419 e. The van der Waals surface area contributed by atoms with Crippen molar-refractivity contribution in [3.05, 3.63) is 75.8 Å². The summed E-state index contributed by atoms with van der Waals surface area (Å²) in [6.45, 7) is 1.14. The third kappa shape index (κ3) is 3.73. The minimum Gasteiger partial charge on any atom is -0.507 e. The second-order valence-electron chi connectivity index (χ2n) is 8.17. The van der Waals surface area contributed by atoms with Crippen molar-refractivity contribution in [1.82, 2.24) is 14.4 Å². The average Bonchev–Trinajstić information content (AvgIpc) is 3.20. The standard InChI is InChI=1S/C24H25N3O5/c1-25(2)12-7-13-27-20(15-8-5-4-6-9-15)19(22(29)23(27)30)21(28)16-10-11-17-18(14-16)32-24(31)26(17)3/h4-6,8-11,14,20,28H,7,12-13H2,1-3H3/t20-/m1/s1. The van der Waals surface area contributed by atoms with Crippen molar-refractivity contribution >= 4 is 28.5 Å². The molecular weight excluding hydrogens is 410 g/mol. The number of aromatic nitrogens is 1. The quantitative estimate of drug-likeness (QED) is 0.363. The van der Waals surface area contributed by atoms with Gasteiger partial charge in [0.2, 0.25) is 0 Å². The van der Waals surface area contributed by atoms with E-state index in [1.54, 1.807) is 19.2 Å². The van der Waals surface area contributed by atoms with Gasteiger partial charge in [-0.15, -0.1) is 0 Å². The number of carbonyl (C=O) groups excluding carboxylic acids is 2. The molecule has 2 heterocycles. The number of aryl methyl sites for hydroxylation is 1. The first-order chi connectivity index (χ1) is 15.3. The smallest absolute Gasteiger partial charge is 0.419 e. The molecule has 0 radical (unpaired) electrons. The molecule has 1 amide bonds. The second kappa shape index (κ2) is 8.47. The Kier molecular flexibility index (Phi) is 5.71. The van der Waals surface area contributed by atoms with Crippen LogP contribution in [0.3, 0.4) is 0 Å². The highest BCUT2D eigenvalue weighted by atomic mass is 16.4. The van der Waals surface area contributed by atoms with E-state index in [0.29, 0.717) is 24.0 Å². The van der Waals surface area contributed by atoms with E-state index >= 15 is 0 Å². The lowest BCUT2D eigenvalue weighted by atomic mass is 9.95. The van der Waals surface area contributed by atoms with Crippen molar-refractivity contribution in [1.29, 1.82) is 0 Å². The zero-order chi connectivity index (χ0) is 23.0. The summed E-state index contributed by atoms with van der Waals surface area (Å²) < 4.78 is 6.57. The summed E-state index contributed by atoms with van der Waals surface area (Å²) in [6, 6.07) is 13.2. The maximum absolute atomic E-state index is 13.0. The fourth-order valence-electron chi connectivity index (χ4n) is 4.09. The summed E-state index contributed by atoms with van der Waals surface area (Å²) in [6.07, 6.45) is 0.685. The Morgan fingerprint density at radius 3 is 2.50 bits per heavy atom. The molecule has 1 aromatic heterocycles. The summed E-state index contributed by atoms with van der Waals surface area (Å²) in [7, 11) is 5.48. The lowest BCUT2D eigenvalue weighted by Crippen LogP contribution is -2.32. The van der Waals surface area contributed by atoms with Crippen LogP contribution in [-0.2, 0) is 16.6 Å². The average molecular weight is 435 g/mol. The molecule has 1 N–H and O–H groups in total. The van der Waals surface area contributed by atoms with Crippen LogP contribution in [-0.4, -0.2) is 58.3 Å². The van der Waals surface area contributed by atoms with Crippen LogP contribution in [0, 0.1) is 0 Å². The van der Waals surface area contributed by atoms with Gasteiger partial charge in [0.05, 0.1) is 17.1 Å². The number of ketones is 1. The van der Waals surface area contributed by atoms with Gasteiger partial charge in [-0.05, 0) is 50.8 Å². The minimum absolute atomic E-state index is 0.0312. The number of oxazole rings is 1. The van der Waals surface area contributed by atoms with Crippen LogP contribution >= 0.6 is 0 Å². The normalized spacial score (nSPS) is 18.2. The summed E-state index contributed by atoms with van der Waals surface area (Å²) in [5.41, 5.74) is 1.93. The summed E-state index contributed by atoms with van der Waals surface area (Å²) in [5, 5.41) is 11.2. The van der Waals surface area contributed by atoms with Crippen molar-refractivity contribution in [3.8, 4) is 0 Å². The Hall–Kier alpha value is -3.65. The monoisotopic (exact) mass is 435 g/mol. The Balaban J connectivity index is 1.82. The molecule has 0 unspecified atom stereocenters. The fraction of sp³-hybridized carbons (Fsp3) is 0.292. The first-order valence-corrected chi connectivity index (χ1v) is 10.4. The molecular formula is C24H25N3O5. The Labute approximate surface area is 185 Å². The first-order valence-electron chi connectivity index (χ1n) is 10.4. The van der Waals surface area contributed by atoms with Crippen LogP contribution in [0.15, 0.2) is 63.3 Å². The third-order valence-corrected chi connectivity index (χ3v) is 5.73. The summed E-state index contributed by atoms with van der Waals surface area (Å²) >= 11 is 0. The van der Waals surface area contributed by atoms with Gasteiger partial charge < -0.3 is 19.3 Å². The van der Waals surface area contributed by atoms with Crippen molar-refractivity contribution in [2.45, 2.75) is 12.5 Å². The van der Waals surface area contributed by atoms with Crippen LogP contribution in [0.25, 0.3) is 16.9 Å². The number of aliphatic hydroxyl groups is 1. The van der Waals surface area contributed by atoms with Crippen LogP contribution < -0.4 is 5.76 Å². The van der Waals surface area contributed by atoms with Crippen LogP contribution in [0.2, 0.25) is 0 Å². The van der Waals surface area contributed by atoms with Gasteiger partial charge >= 0.3 is 5.76 Å². The molecule has 8 nitrogen and oxygen atoms in total. The second-order valence-corrected chi connectivity index (χ2v) is 8.17. The predicted octanol–water partition coefficient (Wildman–Crippen LogP) is 2.50. The number of amides is 1. The SMILES string of the molecule is CN(C)CCCN1C(=O)C(=O)C(=C(O)c2ccc3c(c2)oc(=O)n3C)[C@H]1c1ccccc1. The van der Waals surface area contributed by atoms with Gasteiger partial charge in [0.25, 0.3) is 11.7 Å². The van der Waals surface area contributed by atoms with Gasteiger partial charge in [0.15, 0.2) is 5.58 Å². The lowest BCUT2D eigenvalue weighted by molar-refractivity contribution is -0.139. The lowest BCUT2D eigenvalue weighted by Gasteiger charge is -2.26. The Morgan fingerprint density at radius 2 is 1.81 bits per heavy atom. The molecule has 0 saturated carbocycles. The molecule has 4 rings (SSSR count). The molecule has 1 aliphatic heterocycles. The van der Waals surface area contributed by atoms with E-state index in [-0.39, 0.29) is 16.9 Å². The number of carbonyl (C=O) groups is 2. The largest absolute Gasteiger partial charge is 0.507 e. The van der Waals surface area contributed by atoms with Gasteiger partial charge in [-0.1, -0.05) is 30.3 Å². The van der Waals surface area contributed by atoms with E-state index in [1.165, 1.54) is 15.5 Å². The summed E-state index contributed by atoms with van der Waals surface area (Å²) in [5.74, 6) is -2.17. The number of nitrogens with zero attached hydrogens (tertiary/aromatic N) is 3. The van der Waals surface area contributed by atoms with E-state index in [0.717, 1.165) is 12.1 Å². The minimum atomic E-state index is -0.726. The number of Topliss-reactive ketones (excluding diaryl/α,β-unsaturated/α-hetero) is 1. The molecule has 1 aliphatic rings. The van der Waals surface area contributed by atoms with Crippen molar-refractivity contribution < 1.29 is 19.1 Å². The van der Waals surface area contributed by atoms with Gasteiger partial charge in [0.1, 0.15) is 5.76 Å². The van der Waals surface area contributed by atoms with Crippen LogP contribution in [0.5, 0.6) is 0 Å². The number of hydrogen-bond donors (Lipinski definition) is 1. The molecule has 2 aromatic carbocycles. The molecule has 0 aliphatic carbocycles. The van der Waals surface area contributed by atoms with Crippen LogP contribution in [0.1, 0.15) is 23.6 Å². The van der Waals surface area contributed by atoms with E-state index in [2.05, 4.69) is 0 Å². The van der Waals surface area contributed by atoms with Crippen molar-refractivity contribution in [3.63, 3.8) is 0 Å². The number of rotatable bonds is 6. The van der Waals surface area contributed by atoms with Crippen molar-refractivity contribution in [2.24, 2.45) is 7.05 Å². The highest BCUT2D eigenvalue weighted by Crippen LogP contribution is 2.39. The molecule has 1 atom stereocenters. The molecule has 0 spiro atoms. The number of fused-ring (bicyclic) bond motifs is 1. The molecule has 0 bridgehead atoms. The van der Waals surface area contributed by atoms with Gasteiger partial charge in [-0.25, -0.2) is 4.79 Å². The number of benzene rings is 2. The van der Waals surface area contributed by atoms with Gasteiger partial charge in [0, 0.05) is 19.2 Å². The fourth-order valence-corrected chi connectivity index (χ4v) is 4.09. The Morgan fingerprint density at radius 1 is 1.09 bits per heavy atom. The van der Waals surface area contributed by atoms with E-state index in [9.17, 15) is 19.5 Å². The molecule has 1 fully saturated rings. The predicted molar refractivity (Wildman–Crippen MR) is 120 cm³/mol. The Bertz CT molecular complexity index is 1270. The maximum atomic E-state index is 13.0. The molecule has 8 heteroatoms.